The van der Waals surface area contributed by atoms with Crippen LogP contribution in [0.3, 0.4) is 0 Å². The Morgan fingerprint density at radius 3 is 2.79 bits per heavy atom. The van der Waals surface area contributed by atoms with Crippen LogP contribution in [0.4, 0.5) is 0 Å². The van der Waals surface area contributed by atoms with Crippen LogP contribution >= 0.6 is 0 Å². The van der Waals surface area contributed by atoms with E-state index in [2.05, 4.69) is 10.00 Å². The number of rotatable bonds is 5. The quantitative estimate of drug-likeness (QED) is 0.868. The molecule has 2 heterocycles. The molecule has 1 aromatic rings. The lowest BCUT2D eigenvalue weighted by atomic mass is 9.92. The molecule has 104 valence electrons. The number of carbonyl (C=O) groups is 1. The van der Waals surface area contributed by atoms with E-state index in [-0.39, 0.29) is 5.92 Å². The summed E-state index contributed by atoms with van der Waals surface area (Å²) in [4.78, 5) is 13.6. The molecule has 1 saturated heterocycles. The van der Waals surface area contributed by atoms with Crippen LogP contribution in [-0.4, -0.2) is 45.4 Å². The fraction of sp³-hybridized carbons (Fsp3) is 0.714. The largest absolute Gasteiger partial charge is 0.481 e. The van der Waals surface area contributed by atoms with Gasteiger partial charge < -0.3 is 10.0 Å². The Hall–Kier alpha value is -1.36. The van der Waals surface area contributed by atoms with E-state index in [9.17, 15) is 9.90 Å². The standard InChI is InChI=1S/C14H21N3O2/c1-10-4-5-17(15-10)7-6-16-8-12(11-2-3-11)13(9-16)14(18)19/h4-5,11-13H,2-3,6-9H2,1H3,(H,18,19)/t12-,13+/m1/s1. The molecule has 5 heteroatoms. The predicted octanol–water partition coefficient (Wildman–Crippen LogP) is 1.23. The first-order valence-corrected chi connectivity index (χ1v) is 7.08. The van der Waals surface area contributed by atoms with Crippen molar-refractivity contribution in [3.63, 3.8) is 0 Å². The number of aromatic nitrogens is 2. The molecule has 1 aliphatic heterocycles. The Bertz CT molecular complexity index is 467. The van der Waals surface area contributed by atoms with E-state index in [1.807, 2.05) is 23.9 Å². The average Bonchev–Trinajstić information content (AvgIpc) is 2.98. The lowest BCUT2D eigenvalue weighted by Gasteiger charge is -2.15. The smallest absolute Gasteiger partial charge is 0.308 e. The monoisotopic (exact) mass is 263 g/mol. The van der Waals surface area contributed by atoms with Crippen LogP contribution < -0.4 is 0 Å². The first kappa shape index (κ1) is 12.7. The molecule has 2 aliphatic rings. The van der Waals surface area contributed by atoms with Gasteiger partial charge in [-0.05, 0) is 37.7 Å². The van der Waals surface area contributed by atoms with Crippen molar-refractivity contribution >= 4 is 5.97 Å². The maximum absolute atomic E-state index is 11.3. The summed E-state index contributed by atoms with van der Waals surface area (Å²) in [7, 11) is 0. The lowest BCUT2D eigenvalue weighted by molar-refractivity contribution is -0.142. The van der Waals surface area contributed by atoms with Gasteiger partial charge in [0, 0.05) is 25.8 Å². The number of hydrogen-bond acceptors (Lipinski definition) is 3. The number of aliphatic carboxylic acids is 1. The Labute approximate surface area is 113 Å². The maximum Gasteiger partial charge on any atom is 0.308 e. The van der Waals surface area contributed by atoms with Gasteiger partial charge in [-0.15, -0.1) is 0 Å². The Balaban J connectivity index is 1.56. The zero-order valence-corrected chi connectivity index (χ0v) is 11.3. The van der Waals surface area contributed by atoms with Gasteiger partial charge in [-0.1, -0.05) is 0 Å². The molecule has 0 radical (unpaired) electrons. The Morgan fingerprint density at radius 2 is 2.21 bits per heavy atom. The second-order valence-corrected chi connectivity index (χ2v) is 5.93. The van der Waals surface area contributed by atoms with Crippen LogP contribution in [0.5, 0.6) is 0 Å². The van der Waals surface area contributed by atoms with Crippen molar-refractivity contribution in [1.82, 2.24) is 14.7 Å². The number of aryl methyl sites for hydroxylation is 1. The minimum Gasteiger partial charge on any atom is -0.481 e. The van der Waals surface area contributed by atoms with Crippen molar-refractivity contribution in [3.05, 3.63) is 18.0 Å². The number of nitrogens with zero attached hydrogens (tertiary/aromatic N) is 3. The van der Waals surface area contributed by atoms with E-state index in [1.165, 1.54) is 12.8 Å². The second-order valence-electron chi connectivity index (χ2n) is 5.93. The van der Waals surface area contributed by atoms with Crippen LogP contribution in [-0.2, 0) is 11.3 Å². The molecule has 0 spiro atoms. The molecule has 2 fully saturated rings. The van der Waals surface area contributed by atoms with Gasteiger partial charge in [0.25, 0.3) is 0 Å². The van der Waals surface area contributed by atoms with Crippen molar-refractivity contribution in [3.8, 4) is 0 Å². The van der Waals surface area contributed by atoms with Gasteiger partial charge in [-0.3, -0.25) is 9.48 Å². The summed E-state index contributed by atoms with van der Waals surface area (Å²) in [5, 5.41) is 13.7. The summed E-state index contributed by atoms with van der Waals surface area (Å²) in [6.07, 6.45) is 4.43. The number of carboxylic acids is 1. The van der Waals surface area contributed by atoms with Gasteiger partial charge in [0.2, 0.25) is 0 Å². The fourth-order valence-corrected chi connectivity index (χ4v) is 3.19. The van der Waals surface area contributed by atoms with E-state index in [4.69, 9.17) is 0 Å². The molecule has 1 aliphatic carbocycles. The van der Waals surface area contributed by atoms with E-state index in [1.54, 1.807) is 0 Å². The van der Waals surface area contributed by atoms with Crippen LogP contribution in [0.15, 0.2) is 12.3 Å². The summed E-state index contributed by atoms with van der Waals surface area (Å²) in [5.41, 5.74) is 1.03. The van der Waals surface area contributed by atoms with Crippen molar-refractivity contribution in [1.29, 1.82) is 0 Å². The summed E-state index contributed by atoms with van der Waals surface area (Å²) < 4.78 is 1.94. The van der Waals surface area contributed by atoms with E-state index >= 15 is 0 Å². The highest BCUT2D eigenvalue weighted by atomic mass is 16.4. The van der Waals surface area contributed by atoms with E-state index in [0.717, 1.165) is 25.3 Å². The van der Waals surface area contributed by atoms with E-state index < -0.39 is 5.97 Å². The normalized spacial score (nSPS) is 27.8. The highest BCUT2D eigenvalue weighted by Crippen LogP contribution is 2.43. The average molecular weight is 263 g/mol. The summed E-state index contributed by atoms with van der Waals surface area (Å²) >= 11 is 0. The third-order valence-electron chi connectivity index (χ3n) is 4.40. The third-order valence-corrected chi connectivity index (χ3v) is 4.40. The van der Waals surface area contributed by atoms with Crippen molar-refractivity contribution < 1.29 is 9.90 Å². The zero-order chi connectivity index (χ0) is 13.4. The molecule has 2 atom stereocenters. The maximum atomic E-state index is 11.3. The first-order valence-electron chi connectivity index (χ1n) is 7.08. The van der Waals surface area contributed by atoms with Crippen LogP contribution in [0.25, 0.3) is 0 Å². The topological polar surface area (TPSA) is 58.4 Å². The van der Waals surface area contributed by atoms with Crippen LogP contribution in [0, 0.1) is 24.7 Å². The minimum atomic E-state index is -0.616. The molecule has 0 unspecified atom stereocenters. The molecule has 19 heavy (non-hydrogen) atoms. The van der Waals surface area contributed by atoms with Gasteiger partial charge in [0.1, 0.15) is 0 Å². The van der Waals surface area contributed by atoms with Crippen molar-refractivity contribution in [2.24, 2.45) is 17.8 Å². The van der Waals surface area contributed by atoms with Gasteiger partial charge in [-0.2, -0.15) is 5.10 Å². The first-order chi connectivity index (χ1) is 9.13. The predicted molar refractivity (Wildman–Crippen MR) is 70.7 cm³/mol. The lowest BCUT2D eigenvalue weighted by Crippen LogP contribution is -2.27. The molecular formula is C14H21N3O2. The minimum absolute atomic E-state index is 0.160. The Kier molecular flexibility index (Phi) is 3.31. The highest BCUT2D eigenvalue weighted by molar-refractivity contribution is 5.71. The third kappa shape index (κ3) is 2.81. The van der Waals surface area contributed by atoms with E-state index in [0.29, 0.717) is 18.4 Å². The molecule has 1 saturated carbocycles. The molecule has 0 bridgehead atoms. The van der Waals surface area contributed by atoms with Gasteiger partial charge in [0.05, 0.1) is 18.2 Å². The fourth-order valence-electron chi connectivity index (χ4n) is 3.19. The highest BCUT2D eigenvalue weighted by Gasteiger charge is 2.45. The Morgan fingerprint density at radius 1 is 1.42 bits per heavy atom. The second kappa shape index (κ2) is 4.96. The molecule has 1 aromatic heterocycles. The van der Waals surface area contributed by atoms with Crippen molar-refractivity contribution in [2.75, 3.05) is 19.6 Å². The van der Waals surface area contributed by atoms with Gasteiger partial charge >= 0.3 is 5.97 Å². The van der Waals surface area contributed by atoms with Crippen molar-refractivity contribution in [2.45, 2.75) is 26.3 Å². The molecule has 5 nitrogen and oxygen atoms in total. The number of hydrogen-bond donors (Lipinski definition) is 1. The summed E-state index contributed by atoms with van der Waals surface area (Å²) in [6.45, 7) is 5.38. The molecular weight excluding hydrogens is 242 g/mol. The molecule has 0 amide bonds. The summed E-state index contributed by atoms with van der Waals surface area (Å²) in [6, 6.07) is 2.00. The molecule has 0 aromatic carbocycles. The number of likely N-dealkylation sites (tertiary alicyclic amines) is 1. The molecule has 1 N–H and O–H groups in total. The number of carboxylic acid groups (broad SMARTS) is 1. The van der Waals surface area contributed by atoms with Gasteiger partial charge in [-0.25, -0.2) is 0 Å². The zero-order valence-electron chi connectivity index (χ0n) is 11.3. The molecule has 3 rings (SSSR count). The van der Waals surface area contributed by atoms with Crippen LogP contribution in [0.2, 0.25) is 0 Å². The van der Waals surface area contributed by atoms with Gasteiger partial charge in [0.15, 0.2) is 0 Å². The van der Waals surface area contributed by atoms with Crippen LogP contribution in [0.1, 0.15) is 18.5 Å². The SMILES string of the molecule is Cc1ccn(CCN2C[C@H](C(=O)O)[C@@H](C3CC3)C2)n1. The summed E-state index contributed by atoms with van der Waals surface area (Å²) in [5.74, 6) is 0.260.